The van der Waals surface area contributed by atoms with Gasteiger partial charge in [0.15, 0.2) is 0 Å². The Kier molecular flexibility index (Phi) is 2.17. The van der Waals surface area contributed by atoms with Gasteiger partial charge in [0.25, 0.3) is 0 Å². The molecule has 1 fully saturated rings. The van der Waals surface area contributed by atoms with E-state index >= 15 is 0 Å². The lowest BCUT2D eigenvalue weighted by Gasteiger charge is -2.22. The van der Waals surface area contributed by atoms with Gasteiger partial charge in [0.05, 0.1) is 12.7 Å². The summed E-state index contributed by atoms with van der Waals surface area (Å²) in [6, 6.07) is 1.52. The van der Waals surface area contributed by atoms with Crippen molar-refractivity contribution in [1.82, 2.24) is 9.88 Å². The molecule has 18 heavy (non-hydrogen) atoms. The number of likely N-dealkylation sites (tertiary alicyclic amines) is 1. The van der Waals surface area contributed by atoms with Crippen molar-refractivity contribution in [2.45, 2.75) is 31.4 Å². The molecule has 2 atom stereocenters. The van der Waals surface area contributed by atoms with Gasteiger partial charge >= 0.3 is 6.09 Å². The number of rotatable bonds is 0. The van der Waals surface area contributed by atoms with Gasteiger partial charge in [-0.2, -0.15) is 0 Å². The first kappa shape index (κ1) is 11.1. The van der Waals surface area contributed by atoms with E-state index in [4.69, 9.17) is 9.84 Å². The maximum Gasteiger partial charge on any atom is 0.407 e. The highest BCUT2D eigenvalue weighted by molar-refractivity contribution is 5.66. The SMILES string of the molecule is C[C@H]1C[C@]2(Cc3cc(O)ncc3O2)CN1C(=O)O. The number of aromatic hydroxyl groups is 1. The van der Waals surface area contributed by atoms with Crippen LogP contribution in [0.5, 0.6) is 11.6 Å². The highest BCUT2D eigenvalue weighted by Gasteiger charge is 2.49. The van der Waals surface area contributed by atoms with Gasteiger partial charge in [0, 0.05) is 30.5 Å². The van der Waals surface area contributed by atoms with Crippen molar-refractivity contribution in [2.24, 2.45) is 0 Å². The third-order valence-corrected chi connectivity index (χ3v) is 3.68. The van der Waals surface area contributed by atoms with E-state index in [1.54, 1.807) is 6.07 Å². The number of nitrogens with zero attached hydrogens (tertiary/aromatic N) is 2. The summed E-state index contributed by atoms with van der Waals surface area (Å²) in [4.78, 5) is 16.3. The topological polar surface area (TPSA) is 82.9 Å². The van der Waals surface area contributed by atoms with E-state index in [1.807, 2.05) is 6.92 Å². The quantitative estimate of drug-likeness (QED) is 0.723. The number of pyridine rings is 1. The van der Waals surface area contributed by atoms with Crippen LogP contribution in [0.25, 0.3) is 0 Å². The second-order valence-electron chi connectivity index (χ2n) is 5.08. The first-order valence-corrected chi connectivity index (χ1v) is 5.86. The lowest BCUT2D eigenvalue weighted by Crippen LogP contribution is -2.39. The van der Waals surface area contributed by atoms with E-state index in [2.05, 4.69) is 4.98 Å². The summed E-state index contributed by atoms with van der Waals surface area (Å²) >= 11 is 0. The van der Waals surface area contributed by atoms with E-state index in [-0.39, 0.29) is 11.9 Å². The number of hydrogen-bond donors (Lipinski definition) is 2. The third kappa shape index (κ3) is 1.56. The Morgan fingerprint density at radius 3 is 3.11 bits per heavy atom. The summed E-state index contributed by atoms with van der Waals surface area (Å²) in [6.07, 6.45) is 1.86. The Morgan fingerprint density at radius 1 is 1.67 bits per heavy atom. The summed E-state index contributed by atoms with van der Waals surface area (Å²) in [6.45, 7) is 2.24. The van der Waals surface area contributed by atoms with Crippen LogP contribution in [0.2, 0.25) is 0 Å². The zero-order valence-corrected chi connectivity index (χ0v) is 9.96. The summed E-state index contributed by atoms with van der Waals surface area (Å²) in [5.74, 6) is 0.614. The minimum atomic E-state index is -0.917. The van der Waals surface area contributed by atoms with E-state index in [9.17, 15) is 9.90 Å². The zero-order valence-electron chi connectivity index (χ0n) is 9.96. The fourth-order valence-corrected chi connectivity index (χ4v) is 2.96. The number of carboxylic acid groups (broad SMARTS) is 1. The van der Waals surface area contributed by atoms with Crippen molar-refractivity contribution in [3.05, 3.63) is 17.8 Å². The van der Waals surface area contributed by atoms with Crippen molar-refractivity contribution in [2.75, 3.05) is 6.54 Å². The highest BCUT2D eigenvalue weighted by atomic mass is 16.5. The second-order valence-corrected chi connectivity index (χ2v) is 5.08. The Balaban J connectivity index is 1.87. The molecule has 2 aliphatic heterocycles. The molecule has 3 heterocycles. The van der Waals surface area contributed by atoms with Gasteiger partial charge in [0.2, 0.25) is 5.88 Å². The number of carbonyl (C=O) groups is 1. The van der Waals surface area contributed by atoms with E-state index in [0.717, 1.165) is 5.56 Å². The van der Waals surface area contributed by atoms with Gasteiger partial charge in [-0.3, -0.25) is 0 Å². The van der Waals surface area contributed by atoms with Crippen LogP contribution < -0.4 is 4.74 Å². The molecule has 0 aromatic carbocycles. The second kappa shape index (κ2) is 3.51. The molecule has 0 aliphatic carbocycles. The molecule has 6 heteroatoms. The number of hydrogen-bond acceptors (Lipinski definition) is 4. The summed E-state index contributed by atoms with van der Waals surface area (Å²) in [5.41, 5.74) is 0.400. The largest absolute Gasteiger partial charge is 0.493 e. The molecule has 2 aliphatic rings. The molecule has 1 amide bonds. The minimum Gasteiger partial charge on any atom is -0.493 e. The van der Waals surface area contributed by atoms with Crippen molar-refractivity contribution < 1.29 is 19.7 Å². The highest BCUT2D eigenvalue weighted by Crippen LogP contribution is 2.42. The van der Waals surface area contributed by atoms with Gasteiger partial charge in [-0.15, -0.1) is 0 Å². The van der Waals surface area contributed by atoms with Crippen molar-refractivity contribution in [1.29, 1.82) is 0 Å². The van der Waals surface area contributed by atoms with Crippen LogP contribution in [0.1, 0.15) is 18.9 Å². The summed E-state index contributed by atoms with van der Waals surface area (Å²) < 4.78 is 5.88. The fraction of sp³-hybridized carbons (Fsp3) is 0.500. The van der Waals surface area contributed by atoms with E-state index in [0.29, 0.717) is 25.1 Å². The van der Waals surface area contributed by atoms with E-state index in [1.165, 1.54) is 11.1 Å². The molecule has 1 aromatic heterocycles. The Bertz CT molecular complexity index is 519. The number of ether oxygens (including phenoxy) is 1. The average molecular weight is 250 g/mol. The van der Waals surface area contributed by atoms with Crippen LogP contribution in [0, 0.1) is 0 Å². The van der Waals surface area contributed by atoms with Gasteiger partial charge in [-0.05, 0) is 6.92 Å². The molecular weight excluding hydrogens is 236 g/mol. The smallest absolute Gasteiger partial charge is 0.407 e. The maximum atomic E-state index is 11.1. The number of aromatic nitrogens is 1. The van der Waals surface area contributed by atoms with Gasteiger partial charge in [-0.25, -0.2) is 9.78 Å². The molecular formula is C12H14N2O4. The Labute approximate surface area is 104 Å². The molecule has 1 saturated heterocycles. The van der Waals surface area contributed by atoms with Gasteiger partial charge in [-0.1, -0.05) is 0 Å². The molecule has 96 valence electrons. The van der Waals surface area contributed by atoms with Crippen LogP contribution in [0.3, 0.4) is 0 Å². The first-order valence-electron chi connectivity index (χ1n) is 5.86. The fourth-order valence-electron chi connectivity index (χ4n) is 2.96. The van der Waals surface area contributed by atoms with Gasteiger partial charge < -0.3 is 19.8 Å². The summed E-state index contributed by atoms with van der Waals surface area (Å²) in [7, 11) is 0. The van der Waals surface area contributed by atoms with E-state index < -0.39 is 11.7 Å². The van der Waals surface area contributed by atoms with Gasteiger partial charge in [0.1, 0.15) is 11.4 Å². The molecule has 1 spiro atoms. The van der Waals surface area contributed by atoms with Crippen LogP contribution >= 0.6 is 0 Å². The normalized spacial score (nSPS) is 29.4. The van der Waals surface area contributed by atoms with Crippen LogP contribution in [-0.2, 0) is 6.42 Å². The predicted octanol–water partition coefficient (Wildman–Crippen LogP) is 1.23. The van der Waals surface area contributed by atoms with Crippen molar-refractivity contribution in [3.8, 4) is 11.6 Å². The molecule has 0 unspecified atom stereocenters. The molecule has 0 radical (unpaired) electrons. The van der Waals surface area contributed by atoms with Crippen LogP contribution in [0.4, 0.5) is 4.79 Å². The number of amides is 1. The molecule has 2 N–H and O–H groups in total. The third-order valence-electron chi connectivity index (χ3n) is 3.68. The molecule has 3 rings (SSSR count). The molecule has 0 saturated carbocycles. The van der Waals surface area contributed by atoms with Crippen LogP contribution in [0.15, 0.2) is 12.3 Å². The number of fused-ring (bicyclic) bond motifs is 1. The van der Waals surface area contributed by atoms with Crippen LogP contribution in [-0.4, -0.2) is 44.4 Å². The minimum absolute atomic E-state index is 0.0319. The lowest BCUT2D eigenvalue weighted by molar-refractivity contribution is 0.0960. The average Bonchev–Trinajstić information content (AvgIpc) is 2.78. The molecule has 0 bridgehead atoms. The van der Waals surface area contributed by atoms with Crippen molar-refractivity contribution >= 4 is 6.09 Å². The predicted molar refractivity (Wildman–Crippen MR) is 61.8 cm³/mol. The summed E-state index contributed by atoms with van der Waals surface area (Å²) in [5, 5.41) is 18.5. The maximum absolute atomic E-state index is 11.1. The van der Waals surface area contributed by atoms with Crippen molar-refractivity contribution in [3.63, 3.8) is 0 Å². The standard InChI is InChI=1S/C12H14N2O4/c1-7-3-12(6-14(7)11(16)17)4-8-2-10(15)13-5-9(8)18-12/h2,5,7H,3-4,6H2,1H3,(H,13,15)(H,16,17)/t7-,12-/m0/s1. The Hall–Kier alpha value is -1.98. The first-order chi connectivity index (χ1) is 8.49. The molecule has 1 aromatic rings. The monoisotopic (exact) mass is 250 g/mol. The zero-order chi connectivity index (χ0) is 12.9. The Morgan fingerprint density at radius 2 is 2.44 bits per heavy atom. The molecule has 6 nitrogen and oxygen atoms in total. The lowest BCUT2D eigenvalue weighted by atomic mass is 9.95.